The van der Waals surface area contributed by atoms with Gasteiger partial charge >= 0.3 is 0 Å². The van der Waals surface area contributed by atoms with E-state index in [-0.39, 0.29) is 5.91 Å². The number of carbonyl (C=O) groups is 1. The molecule has 2 aromatic rings. The van der Waals surface area contributed by atoms with E-state index in [0.717, 1.165) is 14.6 Å². The van der Waals surface area contributed by atoms with Crippen molar-refractivity contribution in [3.63, 3.8) is 0 Å². The average molecular weight is 290 g/mol. The molecule has 0 aliphatic rings. The maximum Gasteiger partial charge on any atom is 0.225 e. The summed E-state index contributed by atoms with van der Waals surface area (Å²) in [5, 5.41) is 4.89. The Labute approximate surface area is 120 Å². The van der Waals surface area contributed by atoms with Crippen molar-refractivity contribution < 1.29 is 4.79 Å². The van der Waals surface area contributed by atoms with Crippen molar-refractivity contribution in [1.82, 2.24) is 5.32 Å². The second-order valence-electron chi connectivity index (χ2n) is 3.80. The van der Waals surface area contributed by atoms with E-state index >= 15 is 0 Å². The van der Waals surface area contributed by atoms with Crippen LogP contribution in [0.15, 0.2) is 29.6 Å². The molecule has 0 radical (unpaired) electrons. The maximum atomic E-state index is 11.7. The molecule has 0 aliphatic carbocycles. The minimum absolute atomic E-state index is 0.0467. The van der Waals surface area contributed by atoms with Crippen LogP contribution in [0.4, 0.5) is 0 Å². The molecule has 0 atom stereocenters. The maximum absolute atomic E-state index is 11.7. The number of hydrogen-bond acceptors (Lipinski definition) is 4. The van der Waals surface area contributed by atoms with Crippen molar-refractivity contribution in [2.75, 3.05) is 6.54 Å². The molecule has 5 heteroatoms. The van der Waals surface area contributed by atoms with Crippen LogP contribution in [-0.4, -0.2) is 12.5 Å². The molecule has 0 spiro atoms. The standard InChI is InChI=1S/C14H14N2OS2/c15-7-1-3-11-5-6-13(19-11)10-16-14(17)9-12-4-2-8-18-12/h2,4-6,8H,7,9-10,15H2,(H,16,17). The highest BCUT2D eigenvalue weighted by Crippen LogP contribution is 2.15. The number of nitrogens with one attached hydrogen (secondary N) is 1. The predicted octanol–water partition coefficient (Wildman–Crippen LogP) is 1.98. The number of carbonyl (C=O) groups excluding carboxylic acids is 1. The van der Waals surface area contributed by atoms with Crippen LogP contribution in [0.3, 0.4) is 0 Å². The van der Waals surface area contributed by atoms with Crippen molar-refractivity contribution in [2.24, 2.45) is 5.73 Å². The normalized spacial score (nSPS) is 9.74. The van der Waals surface area contributed by atoms with E-state index in [1.807, 2.05) is 29.6 Å². The monoisotopic (exact) mass is 290 g/mol. The first-order chi connectivity index (χ1) is 9.28. The molecule has 1 amide bonds. The topological polar surface area (TPSA) is 55.1 Å². The third-order valence-corrected chi connectivity index (χ3v) is 4.23. The molecular formula is C14H14N2OS2. The predicted molar refractivity (Wildman–Crippen MR) is 80.1 cm³/mol. The lowest BCUT2D eigenvalue weighted by Gasteiger charge is -2.01. The molecule has 2 heterocycles. The molecule has 0 aliphatic heterocycles. The summed E-state index contributed by atoms with van der Waals surface area (Å²) in [6, 6.07) is 7.86. The highest BCUT2D eigenvalue weighted by atomic mass is 32.1. The Morgan fingerprint density at radius 1 is 1.32 bits per heavy atom. The number of thiophene rings is 2. The lowest BCUT2D eigenvalue weighted by molar-refractivity contribution is -0.120. The van der Waals surface area contributed by atoms with E-state index in [9.17, 15) is 4.79 Å². The summed E-state index contributed by atoms with van der Waals surface area (Å²) in [6.07, 6.45) is 0.447. The zero-order chi connectivity index (χ0) is 13.5. The Morgan fingerprint density at radius 2 is 2.21 bits per heavy atom. The van der Waals surface area contributed by atoms with Crippen LogP contribution in [-0.2, 0) is 17.8 Å². The fraction of sp³-hybridized carbons (Fsp3) is 0.214. The second kappa shape index (κ2) is 7.10. The molecule has 0 fully saturated rings. The number of hydrogen-bond donors (Lipinski definition) is 2. The molecule has 2 aromatic heterocycles. The molecule has 3 N–H and O–H groups in total. The molecular weight excluding hydrogens is 276 g/mol. The molecule has 0 saturated heterocycles. The van der Waals surface area contributed by atoms with Gasteiger partial charge in [-0.1, -0.05) is 17.9 Å². The quantitative estimate of drug-likeness (QED) is 0.846. The van der Waals surface area contributed by atoms with Crippen LogP contribution in [0.1, 0.15) is 14.6 Å². The lowest BCUT2D eigenvalue weighted by Crippen LogP contribution is -2.23. The first kappa shape index (κ1) is 13.8. The number of rotatable bonds is 4. The van der Waals surface area contributed by atoms with Gasteiger partial charge in [0.05, 0.1) is 24.4 Å². The van der Waals surface area contributed by atoms with Gasteiger partial charge in [-0.05, 0) is 23.6 Å². The zero-order valence-electron chi connectivity index (χ0n) is 10.3. The van der Waals surface area contributed by atoms with Crippen LogP contribution in [0, 0.1) is 11.8 Å². The minimum Gasteiger partial charge on any atom is -0.351 e. The van der Waals surface area contributed by atoms with Gasteiger partial charge in [-0.3, -0.25) is 4.79 Å². The molecule has 19 heavy (non-hydrogen) atoms. The van der Waals surface area contributed by atoms with Gasteiger partial charge in [0.25, 0.3) is 0 Å². The van der Waals surface area contributed by atoms with Crippen molar-refractivity contribution >= 4 is 28.6 Å². The molecule has 0 bridgehead atoms. The van der Waals surface area contributed by atoms with Gasteiger partial charge in [0.15, 0.2) is 0 Å². The Kier molecular flexibility index (Phi) is 5.16. The SMILES string of the molecule is NCC#Cc1ccc(CNC(=O)Cc2cccs2)s1. The largest absolute Gasteiger partial charge is 0.351 e. The molecule has 98 valence electrons. The van der Waals surface area contributed by atoms with Crippen molar-refractivity contribution in [3.05, 3.63) is 44.3 Å². The van der Waals surface area contributed by atoms with Crippen LogP contribution in [0.5, 0.6) is 0 Å². The zero-order valence-corrected chi connectivity index (χ0v) is 11.9. The van der Waals surface area contributed by atoms with Gasteiger partial charge in [0.2, 0.25) is 5.91 Å². The third kappa shape index (κ3) is 4.52. The van der Waals surface area contributed by atoms with Crippen molar-refractivity contribution in [2.45, 2.75) is 13.0 Å². The van der Waals surface area contributed by atoms with E-state index in [1.54, 1.807) is 22.7 Å². The van der Waals surface area contributed by atoms with E-state index in [1.165, 1.54) is 0 Å². The van der Waals surface area contributed by atoms with E-state index < -0.39 is 0 Å². The Morgan fingerprint density at radius 3 is 2.95 bits per heavy atom. The summed E-state index contributed by atoms with van der Waals surface area (Å²) in [6.45, 7) is 0.921. The fourth-order valence-corrected chi connectivity index (χ4v) is 3.02. The molecule has 0 saturated carbocycles. The van der Waals surface area contributed by atoms with Crippen LogP contribution in [0.25, 0.3) is 0 Å². The van der Waals surface area contributed by atoms with Gasteiger partial charge in [-0.15, -0.1) is 22.7 Å². The average Bonchev–Trinajstić information content (AvgIpc) is 3.05. The van der Waals surface area contributed by atoms with Gasteiger partial charge < -0.3 is 11.1 Å². The molecule has 0 unspecified atom stereocenters. The van der Waals surface area contributed by atoms with Gasteiger partial charge in [-0.25, -0.2) is 0 Å². The van der Waals surface area contributed by atoms with Crippen LogP contribution in [0.2, 0.25) is 0 Å². The van der Waals surface area contributed by atoms with E-state index in [0.29, 0.717) is 19.5 Å². The minimum atomic E-state index is 0.0467. The summed E-state index contributed by atoms with van der Waals surface area (Å²) in [5.74, 6) is 5.84. The van der Waals surface area contributed by atoms with E-state index in [4.69, 9.17) is 5.73 Å². The van der Waals surface area contributed by atoms with Crippen LogP contribution >= 0.6 is 22.7 Å². The highest BCUT2D eigenvalue weighted by molar-refractivity contribution is 7.12. The second-order valence-corrected chi connectivity index (χ2v) is 6.01. The third-order valence-electron chi connectivity index (χ3n) is 2.35. The van der Waals surface area contributed by atoms with Gasteiger partial charge in [0.1, 0.15) is 0 Å². The van der Waals surface area contributed by atoms with Crippen molar-refractivity contribution in [3.8, 4) is 11.8 Å². The fourth-order valence-electron chi connectivity index (χ4n) is 1.50. The Bertz CT molecular complexity index is 590. The van der Waals surface area contributed by atoms with Crippen molar-refractivity contribution in [1.29, 1.82) is 0 Å². The van der Waals surface area contributed by atoms with Gasteiger partial charge in [0, 0.05) is 9.75 Å². The summed E-state index contributed by atoms with van der Waals surface area (Å²) >= 11 is 3.18. The Balaban J connectivity index is 1.81. The first-order valence-electron chi connectivity index (χ1n) is 5.84. The first-order valence-corrected chi connectivity index (χ1v) is 7.54. The summed E-state index contributed by atoms with van der Waals surface area (Å²) < 4.78 is 0. The van der Waals surface area contributed by atoms with Crippen LogP contribution < -0.4 is 11.1 Å². The molecule has 0 aromatic carbocycles. The molecule has 3 nitrogen and oxygen atoms in total. The highest BCUT2D eigenvalue weighted by Gasteiger charge is 2.05. The summed E-state index contributed by atoms with van der Waals surface area (Å²) in [5.41, 5.74) is 5.32. The number of nitrogens with two attached hydrogens (primary N) is 1. The Hall–Kier alpha value is -1.61. The summed E-state index contributed by atoms with van der Waals surface area (Å²) in [4.78, 5) is 14.9. The lowest BCUT2D eigenvalue weighted by atomic mass is 10.3. The van der Waals surface area contributed by atoms with E-state index in [2.05, 4.69) is 17.2 Å². The summed E-state index contributed by atoms with van der Waals surface area (Å²) in [7, 11) is 0. The smallest absolute Gasteiger partial charge is 0.225 e. The number of amides is 1. The van der Waals surface area contributed by atoms with Gasteiger partial charge in [-0.2, -0.15) is 0 Å². The molecule has 2 rings (SSSR count).